The van der Waals surface area contributed by atoms with Crippen molar-refractivity contribution in [2.75, 3.05) is 20.7 Å². The van der Waals surface area contributed by atoms with Crippen LogP contribution >= 0.6 is 0 Å². The van der Waals surface area contributed by atoms with Crippen LogP contribution in [-0.4, -0.2) is 36.7 Å². The van der Waals surface area contributed by atoms with E-state index in [4.69, 9.17) is 9.84 Å². The summed E-state index contributed by atoms with van der Waals surface area (Å²) in [5.74, 6) is -0.274. The Morgan fingerprint density at radius 1 is 1.38 bits per heavy atom. The number of hydrogen-bond donors (Lipinski definition) is 1. The Labute approximate surface area is 127 Å². The van der Waals surface area contributed by atoms with Crippen molar-refractivity contribution >= 4 is 12.0 Å². The lowest BCUT2D eigenvalue weighted by atomic mass is 10.1. The minimum absolute atomic E-state index is 0.685. The van der Waals surface area contributed by atoms with E-state index >= 15 is 0 Å². The van der Waals surface area contributed by atoms with Gasteiger partial charge in [0.05, 0.1) is 7.11 Å². The lowest BCUT2D eigenvalue weighted by molar-refractivity contribution is -0.131. The second-order valence-electron chi connectivity index (χ2n) is 5.19. The number of carboxylic acids is 1. The van der Waals surface area contributed by atoms with Crippen LogP contribution in [0.4, 0.5) is 0 Å². The highest BCUT2D eigenvalue weighted by Gasteiger charge is 2.05. The molecule has 0 saturated carbocycles. The van der Waals surface area contributed by atoms with Crippen molar-refractivity contribution in [3.05, 3.63) is 35.4 Å². The Morgan fingerprint density at radius 2 is 2.14 bits per heavy atom. The number of hydrogen-bond acceptors (Lipinski definition) is 3. The molecule has 4 heteroatoms. The summed E-state index contributed by atoms with van der Waals surface area (Å²) >= 11 is 0. The van der Waals surface area contributed by atoms with Crippen LogP contribution in [0.15, 0.2) is 24.3 Å². The van der Waals surface area contributed by atoms with E-state index in [1.54, 1.807) is 13.2 Å². The van der Waals surface area contributed by atoms with Gasteiger partial charge in [0.2, 0.25) is 0 Å². The van der Waals surface area contributed by atoms with Crippen LogP contribution in [0, 0.1) is 0 Å². The minimum Gasteiger partial charge on any atom is -0.496 e. The van der Waals surface area contributed by atoms with E-state index < -0.39 is 5.97 Å². The largest absolute Gasteiger partial charge is 0.496 e. The summed E-state index contributed by atoms with van der Waals surface area (Å²) in [5, 5.41) is 8.74. The summed E-state index contributed by atoms with van der Waals surface area (Å²) in [7, 11) is 3.69. The second-order valence-corrected chi connectivity index (χ2v) is 5.19. The molecule has 1 rings (SSSR count). The van der Waals surface area contributed by atoms with E-state index in [1.807, 2.05) is 18.2 Å². The van der Waals surface area contributed by atoms with Crippen molar-refractivity contribution in [3.63, 3.8) is 0 Å². The van der Waals surface area contributed by atoms with Crippen molar-refractivity contribution in [3.8, 4) is 5.75 Å². The van der Waals surface area contributed by atoms with Gasteiger partial charge in [0, 0.05) is 18.2 Å². The second kappa shape index (κ2) is 9.19. The Bertz CT molecular complexity index is 483. The van der Waals surface area contributed by atoms with Gasteiger partial charge in [-0.3, -0.25) is 0 Å². The molecule has 0 fully saturated rings. The number of carbonyl (C=O) groups is 1. The zero-order valence-electron chi connectivity index (χ0n) is 13.1. The lowest BCUT2D eigenvalue weighted by Crippen LogP contribution is -2.19. The Hall–Kier alpha value is -1.81. The molecule has 0 amide bonds. The topological polar surface area (TPSA) is 49.8 Å². The molecule has 0 aliphatic rings. The fourth-order valence-electron chi connectivity index (χ4n) is 2.20. The maximum atomic E-state index is 10.6. The molecule has 1 aromatic carbocycles. The van der Waals surface area contributed by atoms with Gasteiger partial charge in [-0.15, -0.1) is 0 Å². The number of rotatable bonds is 9. The highest BCUT2D eigenvalue weighted by Crippen LogP contribution is 2.22. The van der Waals surface area contributed by atoms with Crippen LogP contribution in [0.2, 0.25) is 0 Å². The van der Waals surface area contributed by atoms with E-state index in [9.17, 15) is 4.79 Å². The summed E-state index contributed by atoms with van der Waals surface area (Å²) in [6.45, 7) is 4.12. The normalized spacial score (nSPS) is 11.2. The molecule has 0 aliphatic heterocycles. The molecule has 0 spiro atoms. The summed E-state index contributed by atoms with van der Waals surface area (Å²) in [6, 6.07) is 5.89. The predicted molar refractivity (Wildman–Crippen MR) is 85.5 cm³/mol. The third kappa shape index (κ3) is 6.45. The van der Waals surface area contributed by atoms with Gasteiger partial charge < -0.3 is 14.7 Å². The third-order valence-corrected chi connectivity index (χ3v) is 3.30. The van der Waals surface area contributed by atoms with Crippen molar-refractivity contribution in [1.82, 2.24) is 4.90 Å². The number of methoxy groups -OCH3 is 1. The zero-order chi connectivity index (χ0) is 15.7. The van der Waals surface area contributed by atoms with E-state index in [2.05, 4.69) is 18.9 Å². The van der Waals surface area contributed by atoms with E-state index in [-0.39, 0.29) is 0 Å². The van der Waals surface area contributed by atoms with E-state index in [1.165, 1.54) is 19.3 Å². The Kier molecular flexibility index (Phi) is 7.54. The fraction of sp³-hybridized carbons (Fsp3) is 0.471. The van der Waals surface area contributed by atoms with Crippen molar-refractivity contribution in [1.29, 1.82) is 0 Å². The van der Waals surface area contributed by atoms with Gasteiger partial charge in [-0.25, -0.2) is 4.79 Å². The van der Waals surface area contributed by atoms with Gasteiger partial charge in [0.15, 0.2) is 0 Å². The molecule has 0 atom stereocenters. The molecule has 0 bridgehead atoms. The summed E-state index contributed by atoms with van der Waals surface area (Å²) < 4.78 is 5.26. The highest BCUT2D eigenvalue weighted by atomic mass is 16.5. The van der Waals surface area contributed by atoms with Gasteiger partial charge in [-0.2, -0.15) is 0 Å². The molecule has 1 N–H and O–H groups in total. The van der Waals surface area contributed by atoms with Crippen LogP contribution in [0.3, 0.4) is 0 Å². The molecule has 0 aliphatic carbocycles. The van der Waals surface area contributed by atoms with Crippen LogP contribution < -0.4 is 4.74 Å². The van der Waals surface area contributed by atoms with Crippen LogP contribution in [0.1, 0.15) is 37.3 Å². The van der Waals surface area contributed by atoms with Crippen LogP contribution in [0.25, 0.3) is 6.08 Å². The number of aliphatic carboxylic acids is 1. The smallest absolute Gasteiger partial charge is 0.328 e. The maximum Gasteiger partial charge on any atom is 0.328 e. The van der Waals surface area contributed by atoms with Gasteiger partial charge in [0.25, 0.3) is 0 Å². The molecule has 0 saturated heterocycles. The lowest BCUT2D eigenvalue weighted by Gasteiger charge is -2.17. The molecule has 0 radical (unpaired) electrons. The van der Waals surface area contributed by atoms with Crippen molar-refractivity contribution in [2.24, 2.45) is 0 Å². The highest BCUT2D eigenvalue weighted by molar-refractivity contribution is 5.85. The number of ether oxygens (including phenoxy) is 1. The molecule has 0 aromatic heterocycles. The predicted octanol–water partition coefficient (Wildman–Crippen LogP) is 3.42. The fourth-order valence-corrected chi connectivity index (χ4v) is 2.20. The number of nitrogens with zero attached hydrogens (tertiary/aromatic N) is 1. The maximum absolute atomic E-state index is 10.6. The first-order chi connectivity index (χ1) is 10.1. The van der Waals surface area contributed by atoms with E-state index in [0.717, 1.165) is 30.3 Å². The average Bonchev–Trinajstić information content (AvgIpc) is 2.45. The van der Waals surface area contributed by atoms with Crippen LogP contribution in [0.5, 0.6) is 5.75 Å². The quantitative estimate of drug-likeness (QED) is 0.559. The number of unbranched alkanes of at least 4 members (excludes halogenated alkanes) is 2. The molecule has 0 heterocycles. The van der Waals surface area contributed by atoms with Crippen molar-refractivity contribution < 1.29 is 14.6 Å². The average molecular weight is 291 g/mol. The number of carboxylic acid groups (broad SMARTS) is 1. The van der Waals surface area contributed by atoms with Crippen molar-refractivity contribution in [2.45, 2.75) is 32.7 Å². The number of benzene rings is 1. The molecular weight excluding hydrogens is 266 g/mol. The SMILES string of the molecule is CCCCCN(C)Cc1ccc(OC)c(C=CC(=O)O)c1. The first-order valence-electron chi connectivity index (χ1n) is 7.33. The minimum atomic E-state index is -0.959. The molecule has 1 aromatic rings. The summed E-state index contributed by atoms with van der Waals surface area (Å²) in [5.41, 5.74) is 1.94. The standard InChI is InChI=1S/C17H25NO3/c1-4-5-6-11-18(2)13-14-7-9-16(21-3)15(12-14)8-10-17(19)20/h7-10,12H,4-6,11,13H2,1-3H3,(H,19,20). The van der Waals surface area contributed by atoms with Gasteiger partial charge >= 0.3 is 5.97 Å². The molecular formula is C17H25NO3. The molecule has 4 nitrogen and oxygen atoms in total. The first-order valence-corrected chi connectivity index (χ1v) is 7.33. The Balaban J connectivity index is 2.75. The van der Waals surface area contributed by atoms with Crippen LogP contribution in [-0.2, 0) is 11.3 Å². The molecule has 21 heavy (non-hydrogen) atoms. The first kappa shape index (κ1) is 17.2. The zero-order valence-corrected chi connectivity index (χ0v) is 13.1. The van der Waals surface area contributed by atoms with Gasteiger partial charge in [0.1, 0.15) is 5.75 Å². The molecule has 0 unspecified atom stereocenters. The summed E-state index contributed by atoms with van der Waals surface area (Å²) in [4.78, 5) is 12.9. The third-order valence-electron chi connectivity index (χ3n) is 3.30. The summed E-state index contributed by atoms with van der Waals surface area (Å²) in [6.07, 6.45) is 6.38. The van der Waals surface area contributed by atoms with Gasteiger partial charge in [-0.1, -0.05) is 25.8 Å². The molecule has 116 valence electrons. The van der Waals surface area contributed by atoms with Gasteiger partial charge in [-0.05, 0) is 43.8 Å². The van der Waals surface area contributed by atoms with E-state index in [0.29, 0.717) is 5.75 Å². The monoisotopic (exact) mass is 291 g/mol. The Morgan fingerprint density at radius 3 is 2.76 bits per heavy atom.